The van der Waals surface area contributed by atoms with E-state index in [-0.39, 0.29) is 5.91 Å². The first kappa shape index (κ1) is 18.9. The topological polar surface area (TPSA) is 54.8 Å². The van der Waals surface area contributed by atoms with Crippen molar-refractivity contribution in [3.05, 3.63) is 101 Å². The maximum atomic E-state index is 13.3. The van der Waals surface area contributed by atoms with E-state index < -0.39 is 6.10 Å². The Hall–Kier alpha value is -3.47. The van der Waals surface area contributed by atoms with E-state index in [1.54, 1.807) is 12.4 Å². The van der Waals surface area contributed by atoms with Gasteiger partial charge in [0.1, 0.15) is 0 Å². The number of nitrogens with zero attached hydrogens (tertiary/aromatic N) is 3. The number of hydrogen-bond acceptors (Lipinski definition) is 4. The van der Waals surface area contributed by atoms with Gasteiger partial charge in [-0.05, 0) is 35.2 Å². The van der Waals surface area contributed by atoms with E-state index in [1.807, 2.05) is 59.5 Å². The van der Waals surface area contributed by atoms with Crippen LogP contribution in [0.5, 0.6) is 0 Å². The van der Waals surface area contributed by atoms with E-state index in [1.165, 1.54) is 0 Å². The summed E-state index contributed by atoms with van der Waals surface area (Å²) in [5, 5.41) is 4.18. The van der Waals surface area contributed by atoms with Crippen LogP contribution in [0.15, 0.2) is 84.3 Å². The molecule has 0 saturated heterocycles. The molecule has 2 aromatic carbocycles. The molecule has 0 radical (unpaired) electrons. The number of aryl methyl sites for hydroxylation is 1. The van der Waals surface area contributed by atoms with Crippen molar-refractivity contribution in [1.82, 2.24) is 9.88 Å². The molecule has 1 aromatic heterocycles. The molecule has 146 valence electrons. The molecule has 5 heteroatoms. The molecule has 0 saturated carbocycles. The normalized spacial score (nSPS) is 15.5. The molecule has 2 heterocycles. The van der Waals surface area contributed by atoms with Gasteiger partial charge in [-0.15, -0.1) is 0 Å². The van der Waals surface area contributed by atoms with Gasteiger partial charge in [0.15, 0.2) is 0 Å². The van der Waals surface area contributed by atoms with Gasteiger partial charge < -0.3 is 9.74 Å². The summed E-state index contributed by atoms with van der Waals surface area (Å²) >= 11 is 0. The van der Waals surface area contributed by atoms with E-state index >= 15 is 0 Å². The number of rotatable bonds is 6. The molecule has 0 bridgehead atoms. The van der Waals surface area contributed by atoms with Gasteiger partial charge in [-0.3, -0.25) is 9.78 Å². The Morgan fingerprint density at radius 3 is 2.59 bits per heavy atom. The summed E-state index contributed by atoms with van der Waals surface area (Å²) in [7, 11) is 0. The van der Waals surface area contributed by atoms with Crippen LogP contribution in [-0.2, 0) is 22.7 Å². The Labute approximate surface area is 170 Å². The van der Waals surface area contributed by atoms with Crippen LogP contribution in [0.3, 0.4) is 0 Å². The summed E-state index contributed by atoms with van der Waals surface area (Å²) in [6, 6.07) is 21.8. The van der Waals surface area contributed by atoms with Crippen LogP contribution in [0.1, 0.15) is 28.7 Å². The molecule has 0 spiro atoms. The highest BCUT2D eigenvalue weighted by Crippen LogP contribution is 2.21. The van der Waals surface area contributed by atoms with E-state index in [4.69, 9.17) is 4.84 Å². The van der Waals surface area contributed by atoms with Crippen LogP contribution in [0.2, 0.25) is 0 Å². The predicted molar refractivity (Wildman–Crippen MR) is 112 cm³/mol. The second-order valence-corrected chi connectivity index (χ2v) is 7.18. The Morgan fingerprint density at radius 2 is 1.83 bits per heavy atom. The fourth-order valence-corrected chi connectivity index (χ4v) is 3.43. The first-order valence-corrected chi connectivity index (χ1v) is 9.71. The van der Waals surface area contributed by atoms with E-state index in [2.05, 4.69) is 29.2 Å². The van der Waals surface area contributed by atoms with Crippen molar-refractivity contribution in [3.63, 3.8) is 0 Å². The Morgan fingerprint density at radius 1 is 1.03 bits per heavy atom. The van der Waals surface area contributed by atoms with Gasteiger partial charge in [-0.2, -0.15) is 0 Å². The van der Waals surface area contributed by atoms with Gasteiger partial charge in [0, 0.05) is 31.9 Å². The van der Waals surface area contributed by atoms with Gasteiger partial charge >= 0.3 is 0 Å². The number of carbonyl (C=O) groups excluding carboxylic acids is 1. The third kappa shape index (κ3) is 4.51. The number of aromatic nitrogens is 1. The fraction of sp³-hybridized carbons (Fsp3) is 0.208. The van der Waals surface area contributed by atoms with E-state index in [9.17, 15) is 4.79 Å². The summed E-state index contributed by atoms with van der Waals surface area (Å²) in [6.07, 6.45) is 3.39. The molecule has 0 N–H and O–H groups in total. The summed E-state index contributed by atoms with van der Waals surface area (Å²) in [5.74, 6) is -0.0632. The van der Waals surface area contributed by atoms with Crippen molar-refractivity contribution in [2.24, 2.45) is 5.16 Å². The van der Waals surface area contributed by atoms with Gasteiger partial charge in [0.2, 0.25) is 6.10 Å². The molecule has 0 aliphatic carbocycles. The molecule has 1 unspecified atom stereocenters. The molecular weight excluding hydrogens is 362 g/mol. The van der Waals surface area contributed by atoms with Gasteiger partial charge in [0.05, 0.1) is 5.71 Å². The van der Waals surface area contributed by atoms with E-state index in [0.29, 0.717) is 19.5 Å². The Kier molecular flexibility index (Phi) is 5.66. The van der Waals surface area contributed by atoms with E-state index in [0.717, 1.165) is 28.0 Å². The fourth-order valence-electron chi connectivity index (χ4n) is 3.43. The first-order chi connectivity index (χ1) is 14.2. The predicted octanol–water partition coefficient (Wildman–Crippen LogP) is 4.11. The molecule has 1 amide bonds. The number of oxime groups is 1. The summed E-state index contributed by atoms with van der Waals surface area (Å²) in [5.41, 5.74) is 5.05. The summed E-state index contributed by atoms with van der Waals surface area (Å²) in [4.78, 5) is 24.9. The highest BCUT2D eigenvalue weighted by molar-refractivity contribution is 6.04. The standard InChI is InChI=1S/C24H23N3O2/c1-18-8-5-6-12-21(18)17-27(16-19-9-7-13-25-15-19)24(28)23-14-22(26-29-23)20-10-3-2-4-11-20/h2-13,15,23H,14,16-17H2,1H3. The number of amides is 1. The Bertz CT molecular complexity index is 1000. The molecule has 0 fully saturated rings. The lowest BCUT2D eigenvalue weighted by Gasteiger charge is -2.25. The van der Waals surface area contributed by atoms with Crippen molar-refractivity contribution in [2.45, 2.75) is 32.5 Å². The zero-order valence-corrected chi connectivity index (χ0v) is 16.4. The quantitative estimate of drug-likeness (QED) is 0.642. The van der Waals surface area contributed by atoms with Gasteiger partial charge in [0.25, 0.3) is 5.91 Å². The minimum absolute atomic E-state index is 0.0632. The lowest BCUT2D eigenvalue weighted by molar-refractivity contribution is -0.143. The highest BCUT2D eigenvalue weighted by atomic mass is 16.6. The number of carbonyl (C=O) groups is 1. The molecule has 29 heavy (non-hydrogen) atoms. The lowest BCUT2D eigenvalue weighted by atomic mass is 10.0. The average Bonchev–Trinajstić information content (AvgIpc) is 3.26. The second kappa shape index (κ2) is 8.69. The summed E-state index contributed by atoms with van der Waals surface area (Å²) < 4.78 is 0. The van der Waals surface area contributed by atoms with Crippen molar-refractivity contribution in [2.75, 3.05) is 0 Å². The number of hydrogen-bond donors (Lipinski definition) is 0. The third-order valence-electron chi connectivity index (χ3n) is 5.08. The number of benzene rings is 2. The highest BCUT2D eigenvalue weighted by Gasteiger charge is 2.32. The van der Waals surface area contributed by atoms with Gasteiger partial charge in [-0.25, -0.2) is 0 Å². The van der Waals surface area contributed by atoms with Crippen LogP contribution < -0.4 is 0 Å². The maximum Gasteiger partial charge on any atom is 0.267 e. The minimum atomic E-state index is -0.606. The third-order valence-corrected chi connectivity index (χ3v) is 5.08. The van der Waals surface area contributed by atoms with Crippen LogP contribution in [0.4, 0.5) is 0 Å². The van der Waals surface area contributed by atoms with Crippen LogP contribution >= 0.6 is 0 Å². The second-order valence-electron chi connectivity index (χ2n) is 7.18. The van der Waals surface area contributed by atoms with Crippen molar-refractivity contribution >= 4 is 11.6 Å². The summed E-state index contributed by atoms with van der Waals surface area (Å²) in [6.45, 7) is 3.05. The van der Waals surface area contributed by atoms with Crippen molar-refractivity contribution in [3.8, 4) is 0 Å². The molecule has 1 atom stereocenters. The van der Waals surface area contributed by atoms with Crippen molar-refractivity contribution < 1.29 is 9.63 Å². The number of pyridine rings is 1. The molecule has 5 nitrogen and oxygen atoms in total. The van der Waals surface area contributed by atoms with Gasteiger partial charge in [-0.1, -0.05) is 65.8 Å². The van der Waals surface area contributed by atoms with Crippen molar-refractivity contribution in [1.29, 1.82) is 0 Å². The Balaban J connectivity index is 1.52. The van der Waals surface area contributed by atoms with Crippen LogP contribution in [-0.4, -0.2) is 27.6 Å². The molecule has 4 rings (SSSR count). The molecule has 1 aliphatic heterocycles. The first-order valence-electron chi connectivity index (χ1n) is 9.71. The SMILES string of the molecule is Cc1ccccc1CN(Cc1cccnc1)C(=O)C1CC(c2ccccc2)=NO1. The zero-order valence-electron chi connectivity index (χ0n) is 16.4. The van der Waals surface area contributed by atoms with Crippen LogP contribution in [0.25, 0.3) is 0 Å². The lowest BCUT2D eigenvalue weighted by Crippen LogP contribution is -2.38. The molecule has 3 aromatic rings. The monoisotopic (exact) mass is 385 g/mol. The largest absolute Gasteiger partial charge is 0.382 e. The van der Waals surface area contributed by atoms with Crippen LogP contribution in [0, 0.1) is 6.92 Å². The average molecular weight is 385 g/mol. The maximum absolute atomic E-state index is 13.3. The minimum Gasteiger partial charge on any atom is -0.382 e. The zero-order chi connectivity index (χ0) is 20.1. The molecular formula is C24H23N3O2. The smallest absolute Gasteiger partial charge is 0.267 e. The molecule has 1 aliphatic rings.